The van der Waals surface area contributed by atoms with Gasteiger partial charge in [-0.3, -0.25) is 0 Å². The van der Waals surface area contributed by atoms with Crippen LogP contribution in [0.15, 0.2) is 0 Å². The van der Waals surface area contributed by atoms with Crippen LogP contribution in [0.2, 0.25) is 5.82 Å². The lowest BCUT2D eigenvalue weighted by Crippen LogP contribution is -2.81. The molecule has 162 valence electrons. The molecule has 0 amide bonds. The summed E-state index contributed by atoms with van der Waals surface area (Å²) >= 11 is 0. The first-order valence-corrected chi connectivity index (χ1v) is 14.6. The van der Waals surface area contributed by atoms with Crippen LogP contribution in [0.1, 0.15) is 72.1 Å². The van der Waals surface area contributed by atoms with Gasteiger partial charge >= 0.3 is 0 Å². The van der Waals surface area contributed by atoms with E-state index in [0.29, 0.717) is 0 Å². The van der Waals surface area contributed by atoms with E-state index >= 15 is 0 Å². The van der Waals surface area contributed by atoms with Gasteiger partial charge in [-0.25, -0.2) is 0 Å². The van der Waals surface area contributed by atoms with Crippen molar-refractivity contribution in [3.8, 4) is 0 Å². The lowest BCUT2D eigenvalue weighted by atomic mass is 9.20. The fourth-order valence-corrected chi connectivity index (χ4v) is 14.5. The summed E-state index contributed by atoms with van der Waals surface area (Å²) in [6.07, 6.45) is 12.9. The Morgan fingerprint density at radius 2 is 1.70 bits per heavy atom. The van der Waals surface area contributed by atoms with E-state index in [-0.39, 0.29) is 0 Å². The van der Waals surface area contributed by atoms with Crippen LogP contribution in [0.5, 0.6) is 0 Å². The van der Waals surface area contributed by atoms with E-state index in [2.05, 4.69) is 28.6 Å². The van der Waals surface area contributed by atoms with Crippen molar-refractivity contribution >= 4 is 7.85 Å². The lowest BCUT2D eigenvalue weighted by molar-refractivity contribution is -0.376. The minimum atomic E-state index is 0.919. The molecule has 9 rings (SSSR count). The molecule has 0 nitrogen and oxygen atoms in total. The lowest BCUT2D eigenvalue weighted by Gasteiger charge is -2.84. The maximum atomic E-state index is 2.59. The number of fused-ring (bicyclic) bond motifs is 9. The van der Waals surface area contributed by atoms with E-state index in [9.17, 15) is 0 Å². The van der Waals surface area contributed by atoms with E-state index in [1.54, 1.807) is 44.9 Å². The highest BCUT2D eigenvalue weighted by molar-refractivity contribution is 6.11. The summed E-state index contributed by atoms with van der Waals surface area (Å²) in [5, 5.41) is 0. The van der Waals surface area contributed by atoms with Gasteiger partial charge in [0.2, 0.25) is 0 Å². The van der Waals surface area contributed by atoms with Crippen molar-refractivity contribution < 1.29 is 0 Å². The Labute approximate surface area is 185 Å². The van der Waals surface area contributed by atoms with Gasteiger partial charge in [0, 0.05) is 0 Å². The SMILES string of the molecule is BC(C)C[C@@H]1C([C@H]2CC3C4C(C32)C2C4C3CCCC(CC)C4CC432)C2C3C(C)CC321. The average Bonchev–Trinajstić information content (AvgIpc) is 3.53. The van der Waals surface area contributed by atoms with E-state index < -0.39 is 0 Å². The molecule has 0 aromatic rings. The third-order valence-electron chi connectivity index (χ3n) is 14.8. The zero-order valence-electron chi connectivity index (χ0n) is 19.9. The van der Waals surface area contributed by atoms with Crippen LogP contribution in [-0.4, -0.2) is 7.85 Å². The molecule has 0 aromatic heterocycles. The Kier molecular flexibility index (Phi) is 2.89. The van der Waals surface area contributed by atoms with Crippen molar-refractivity contribution in [2.75, 3.05) is 0 Å². The quantitative estimate of drug-likeness (QED) is 0.512. The topological polar surface area (TPSA) is 0 Å². The number of rotatable bonds is 4. The number of hydrogen-bond acceptors (Lipinski definition) is 0. The molecule has 0 radical (unpaired) electrons. The van der Waals surface area contributed by atoms with Crippen molar-refractivity contribution in [1.82, 2.24) is 0 Å². The smallest absolute Gasteiger partial charge is 0.0722 e. The van der Waals surface area contributed by atoms with Gasteiger partial charge in [0.05, 0.1) is 0 Å². The molecule has 0 aromatic carbocycles. The molecule has 2 spiro atoms. The van der Waals surface area contributed by atoms with Crippen LogP contribution in [-0.2, 0) is 0 Å². The largest absolute Gasteiger partial charge is 0.105 e. The molecule has 9 aliphatic rings. The van der Waals surface area contributed by atoms with Crippen molar-refractivity contribution in [1.29, 1.82) is 0 Å². The van der Waals surface area contributed by atoms with Crippen molar-refractivity contribution in [2.45, 2.75) is 78.0 Å². The van der Waals surface area contributed by atoms with Crippen LogP contribution < -0.4 is 0 Å². The highest BCUT2D eigenvalue weighted by Crippen LogP contribution is 2.96. The molecular formula is C29H43B. The van der Waals surface area contributed by atoms with Crippen LogP contribution in [0.4, 0.5) is 0 Å². The van der Waals surface area contributed by atoms with Gasteiger partial charge in [-0.2, -0.15) is 0 Å². The zero-order chi connectivity index (χ0) is 19.9. The summed E-state index contributed by atoms with van der Waals surface area (Å²) in [5.74, 6) is 19.0. The third kappa shape index (κ3) is 1.47. The maximum absolute atomic E-state index is 2.59. The molecule has 9 saturated carbocycles. The second kappa shape index (κ2) is 4.94. The van der Waals surface area contributed by atoms with Gasteiger partial charge < -0.3 is 0 Å². The molecule has 0 heterocycles. The molecule has 0 bridgehead atoms. The van der Waals surface area contributed by atoms with Gasteiger partial charge in [-0.1, -0.05) is 52.3 Å². The fourth-order valence-electron chi connectivity index (χ4n) is 14.5. The average molecular weight is 402 g/mol. The fraction of sp³-hybridized carbons (Fsp3) is 1.00. The van der Waals surface area contributed by atoms with Crippen LogP contribution >= 0.6 is 0 Å². The predicted octanol–water partition coefficient (Wildman–Crippen LogP) is 5.93. The highest BCUT2D eigenvalue weighted by atomic mass is 15.0. The Morgan fingerprint density at radius 1 is 0.867 bits per heavy atom. The molecule has 0 saturated heterocycles. The van der Waals surface area contributed by atoms with Gasteiger partial charge in [0.1, 0.15) is 7.85 Å². The zero-order valence-corrected chi connectivity index (χ0v) is 19.9. The van der Waals surface area contributed by atoms with E-state index in [1.165, 1.54) is 77.4 Å². The summed E-state index contributed by atoms with van der Waals surface area (Å²) in [6.45, 7) is 7.61. The standard InChI is InChI=1S/C29H43B/c1-4-14-6-5-7-17-23-22-16-9-15(20(16)24(22)26(23)28(17)11-19(14)28)21-18(8-13(3)30)29-10-12(2)25(29)27(21)29/h12-27H,4-11,30H2,1-3H3/t12?,13?,14?,15-,16?,17?,18+,19?,20?,21?,22?,23?,24?,25?,26?,27?,28?,29?/m0/s1. The van der Waals surface area contributed by atoms with Gasteiger partial charge in [-0.05, 0) is 125 Å². The second-order valence-electron chi connectivity index (χ2n) is 15.2. The Balaban J connectivity index is 0.980. The maximum Gasteiger partial charge on any atom is 0.105 e. The second-order valence-corrected chi connectivity index (χ2v) is 15.2. The van der Waals surface area contributed by atoms with Crippen molar-refractivity contribution in [2.24, 2.45) is 99.6 Å². The molecule has 9 aliphatic carbocycles. The Morgan fingerprint density at radius 3 is 2.47 bits per heavy atom. The van der Waals surface area contributed by atoms with Crippen LogP contribution in [0, 0.1) is 99.6 Å². The summed E-state index contributed by atoms with van der Waals surface area (Å²) in [7, 11) is 2.51. The van der Waals surface area contributed by atoms with Gasteiger partial charge in [0.15, 0.2) is 0 Å². The molecular weight excluding hydrogens is 359 g/mol. The van der Waals surface area contributed by atoms with Crippen LogP contribution in [0.3, 0.4) is 0 Å². The highest BCUT2D eigenvalue weighted by Gasteiger charge is 2.91. The van der Waals surface area contributed by atoms with Gasteiger partial charge in [0.25, 0.3) is 0 Å². The summed E-state index contributed by atoms with van der Waals surface area (Å²) < 4.78 is 0. The Hall–Kier alpha value is 0.0649. The van der Waals surface area contributed by atoms with E-state index in [0.717, 1.165) is 34.4 Å². The summed E-state index contributed by atoms with van der Waals surface area (Å²) in [4.78, 5) is 0. The molecule has 1 heteroatoms. The first-order chi connectivity index (χ1) is 14.6. The first kappa shape index (κ1) is 17.5. The first-order valence-electron chi connectivity index (χ1n) is 14.6. The molecule has 18 atom stereocenters. The summed E-state index contributed by atoms with van der Waals surface area (Å²) in [6, 6.07) is 0. The molecule has 9 fully saturated rings. The predicted molar refractivity (Wildman–Crippen MR) is 123 cm³/mol. The number of hydrogen-bond donors (Lipinski definition) is 0. The molecule has 0 N–H and O–H groups in total. The Bertz CT molecular complexity index is 832. The molecule has 16 unspecified atom stereocenters. The normalized spacial score (nSPS) is 74.6. The van der Waals surface area contributed by atoms with E-state index in [4.69, 9.17) is 0 Å². The minimum absolute atomic E-state index is 0.919. The monoisotopic (exact) mass is 402 g/mol. The van der Waals surface area contributed by atoms with Crippen LogP contribution in [0.25, 0.3) is 0 Å². The van der Waals surface area contributed by atoms with Crippen molar-refractivity contribution in [3.63, 3.8) is 0 Å². The molecule has 30 heavy (non-hydrogen) atoms. The van der Waals surface area contributed by atoms with Crippen molar-refractivity contribution in [3.05, 3.63) is 0 Å². The summed E-state index contributed by atoms with van der Waals surface area (Å²) in [5.41, 5.74) is 1.85. The van der Waals surface area contributed by atoms with Gasteiger partial charge in [-0.15, -0.1) is 0 Å². The molecule has 0 aliphatic heterocycles. The van der Waals surface area contributed by atoms with E-state index in [1.807, 2.05) is 0 Å². The minimum Gasteiger partial charge on any atom is -0.0722 e. The third-order valence-corrected chi connectivity index (χ3v) is 14.8.